The molecular formula is C17H31N3O8. The summed E-state index contributed by atoms with van der Waals surface area (Å²) in [7, 11) is 0. The molecule has 11 heteroatoms. The second kappa shape index (κ2) is 12.3. The van der Waals surface area contributed by atoms with Gasteiger partial charge in [0.1, 0.15) is 0 Å². The van der Waals surface area contributed by atoms with Gasteiger partial charge in [0.25, 0.3) is 0 Å². The van der Waals surface area contributed by atoms with Gasteiger partial charge in [0.05, 0.1) is 26.2 Å². The fourth-order valence-corrected chi connectivity index (χ4v) is 2.76. The summed E-state index contributed by atoms with van der Waals surface area (Å²) >= 11 is 0. The molecule has 0 spiro atoms. The first-order valence-corrected chi connectivity index (χ1v) is 8.92. The maximum atomic E-state index is 11.2. The van der Waals surface area contributed by atoms with Crippen LogP contribution < -0.4 is 0 Å². The number of aliphatic carboxylic acids is 4. The Balaban J connectivity index is 5.79. The van der Waals surface area contributed by atoms with Crippen molar-refractivity contribution < 1.29 is 39.6 Å². The quantitative estimate of drug-likeness (QED) is 0.276. The topological polar surface area (TPSA) is 159 Å². The first-order valence-electron chi connectivity index (χ1n) is 8.92. The van der Waals surface area contributed by atoms with E-state index in [2.05, 4.69) is 0 Å². The molecule has 0 unspecified atom stereocenters. The highest BCUT2D eigenvalue weighted by Gasteiger charge is 2.30. The number of carboxylic acid groups (broad SMARTS) is 4. The minimum atomic E-state index is -1.23. The van der Waals surface area contributed by atoms with Gasteiger partial charge in [-0.2, -0.15) is 0 Å². The Labute approximate surface area is 164 Å². The summed E-state index contributed by atoms with van der Waals surface area (Å²) in [6.45, 7) is 5.52. The van der Waals surface area contributed by atoms with E-state index >= 15 is 0 Å². The van der Waals surface area contributed by atoms with Crippen molar-refractivity contribution in [3.05, 3.63) is 0 Å². The average Bonchev–Trinajstić information content (AvgIpc) is 2.49. The first kappa shape index (κ1) is 25.8. The van der Waals surface area contributed by atoms with Crippen LogP contribution in [0.5, 0.6) is 0 Å². The molecule has 0 atom stereocenters. The van der Waals surface area contributed by atoms with Crippen LogP contribution >= 0.6 is 0 Å². The third-order valence-electron chi connectivity index (χ3n) is 4.22. The minimum absolute atomic E-state index is 0.0768. The Morgan fingerprint density at radius 3 is 1.04 bits per heavy atom. The van der Waals surface area contributed by atoms with Gasteiger partial charge in [-0.05, 0) is 27.7 Å². The van der Waals surface area contributed by atoms with Crippen LogP contribution in [0.15, 0.2) is 0 Å². The zero-order valence-electron chi connectivity index (χ0n) is 16.7. The van der Waals surface area contributed by atoms with Crippen molar-refractivity contribution in [2.45, 2.75) is 45.8 Å². The van der Waals surface area contributed by atoms with Crippen molar-refractivity contribution in [1.29, 1.82) is 0 Å². The predicted molar refractivity (Wildman–Crippen MR) is 99.3 cm³/mol. The molecule has 0 fully saturated rings. The SMILES string of the molecule is CC(C)N(CC(=O)O)CC(CN(CC(=O)O)C(C)C)N(CC(=O)O)CC(=O)O. The molecule has 0 aromatic carbocycles. The Kier molecular flexibility index (Phi) is 11.3. The Morgan fingerprint density at radius 1 is 0.571 bits per heavy atom. The number of hydrogen-bond acceptors (Lipinski definition) is 7. The van der Waals surface area contributed by atoms with Crippen LogP contribution in [0.1, 0.15) is 27.7 Å². The van der Waals surface area contributed by atoms with Crippen LogP contribution in [-0.4, -0.2) is 116 Å². The summed E-state index contributed by atoms with van der Waals surface area (Å²) in [4.78, 5) is 49.2. The van der Waals surface area contributed by atoms with Crippen molar-refractivity contribution in [2.24, 2.45) is 0 Å². The van der Waals surface area contributed by atoms with Gasteiger partial charge < -0.3 is 20.4 Å². The van der Waals surface area contributed by atoms with E-state index in [-0.39, 0.29) is 38.3 Å². The molecule has 0 aliphatic carbocycles. The van der Waals surface area contributed by atoms with E-state index in [1.54, 1.807) is 37.5 Å². The number of hydrogen-bond donors (Lipinski definition) is 4. The standard InChI is InChI=1S/C17H31N3O8/c1-11(2)18(7-14(21)22)5-13(6-19(12(3)4)8-15(23)24)20(9-16(25)26)10-17(27)28/h11-13H,5-10H2,1-4H3,(H,21,22)(H,23,24)(H,25,26)(H,27,28). The van der Waals surface area contributed by atoms with Crippen LogP contribution in [0.25, 0.3) is 0 Å². The smallest absolute Gasteiger partial charge is 0.317 e. The molecule has 0 saturated heterocycles. The summed E-state index contributed by atoms with van der Waals surface area (Å²) < 4.78 is 0. The van der Waals surface area contributed by atoms with Crippen LogP contribution in [-0.2, 0) is 19.2 Å². The normalized spacial score (nSPS) is 11.9. The molecule has 0 aromatic rings. The summed E-state index contributed by atoms with van der Waals surface area (Å²) in [5.41, 5.74) is 0. The van der Waals surface area contributed by atoms with Crippen molar-refractivity contribution >= 4 is 23.9 Å². The largest absolute Gasteiger partial charge is 0.480 e. The van der Waals surface area contributed by atoms with E-state index in [1.807, 2.05) is 0 Å². The molecule has 0 aromatic heterocycles. The molecule has 162 valence electrons. The number of carbonyl (C=O) groups is 4. The third kappa shape index (κ3) is 10.8. The van der Waals surface area contributed by atoms with E-state index in [0.29, 0.717) is 0 Å². The molecule has 0 bridgehead atoms. The zero-order valence-corrected chi connectivity index (χ0v) is 16.7. The van der Waals surface area contributed by atoms with Crippen molar-refractivity contribution in [3.8, 4) is 0 Å². The third-order valence-corrected chi connectivity index (χ3v) is 4.22. The lowest BCUT2D eigenvalue weighted by molar-refractivity contribution is -0.146. The molecule has 0 radical (unpaired) electrons. The van der Waals surface area contributed by atoms with Gasteiger partial charge in [-0.25, -0.2) is 0 Å². The summed E-state index contributed by atoms with van der Waals surface area (Å²) in [6.07, 6.45) is 0. The first-order chi connectivity index (χ1) is 12.8. The lowest BCUT2D eigenvalue weighted by Gasteiger charge is -2.38. The van der Waals surface area contributed by atoms with Gasteiger partial charge in [-0.3, -0.25) is 33.9 Å². The monoisotopic (exact) mass is 405 g/mol. The van der Waals surface area contributed by atoms with Gasteiger partial charge in [0.15, 0.2) is 0 Å². The van der Waals surface area contributed by atoms with Crippen LogP contribution in [0, 0.1) is 0 Å². The van der Waals surface area contributed by atoms with Gasteiger partial charge in [-0.15, -0.1) is 0 Å². The van der Waals surface area contributed by atoms with Gasteiger partial charge >= 0.3 is 23.9 Å². The molecule has 0 amide bonds. The average molecular weight is 405 g/mol. The fourth-order valence-electron chi connectivity index (χ4n) is 2.76. The Hall–Kier alpha value is -2.24. The molecule has 0 rings (SSSR count). The molecule has 0 aliphatic rings. The van der Waals surface area contributed by atoms with Crippen molar-refractivity contribution in [3.63, 3.8) is 0 Å². The van der Waals surface area contributed by atoms with E-state index < -0.39 is 43.0 Å². The maximum Gasteiger partial charge on any atom is 0.317 e. The molecule has 0 aliphatic heterocycles. The second-order valence-corrected chi connectivity index (χ2v) is 7.18. The summed E-state index contributed by atoms with van der Waals surface area (Å²) in [6, 6.07) is -1.08. The van der Waals surface area contributed by atoms with Gasteiger partial charge in [-0.1, -0.05) is 0 Å². The predicted octanol–water partition coefficient (Wildman–Crippen LogP) is -0.584. The summed E-state index contributed by atoms with van der Waals surface area (Å²) in [5.74, 6) is -4.59. The highest BCUT2D eigenvalue weighted by molar-refractivity contribution is 5.73. The number of nitrogens with zero attached hydrogens (tertiary/aromatic N) is 3. The molecule has 0 heterocycles. The zero-order chi connectivity index (χ0) is 22.0. The molecular weight excluding hydrogens is 374 g/mol. The molecule has 28 heavy (non-hydrogen) atoms. The van der Waals surface area contributed by atoms with E-state index in [9.17, 15) is 29.4 Å². The van der Waals surface area contributed by atoms with Crippen LogP contribution in [0.3, 0.4) is 0 Å². The summed E-state index contributed by atoms with van der Waals surface area (Å²) in [5, 5.41) is 36.6. The van der Waals surface area contributed by atoms with Crippen molar-refractivity contribution in [2.75, 3.05) is 39.3 Å². The van der Waals surface area contributed by atoms with Crippen LogP contribution in [0.4, 0.5) is 0 Å². The molecule has 4 N–H and O–H groups in total. The van der Waals surface area contributed by atoms with E-state index in [0.717, 1.165) is 0 Å². The number of rotatable bonds is 15. The van der Waals surface area contributed by atoms with Gasteiger partial charge in [0.2, 0.25) is 0 Å². The van der Waals surface area contributed by atoms with Gasteiger partial charge in [0, 0.05) is 31.2 Å². The molecule has 0 saturated carbocycles. The van der Waals surface area contributed by atoms with Crippen LogP contribution in [0.2, 0.25) is 0 Å². The Bertz CT molecular complexity index is 507. The lowest BCUT2D eigenvalue weighted by atomic mass is 10.1. The maximum absolute atomic E-state index is 11.2. The van der Waals surface area contributed by atoms with E-state index in [4.69, 9.17) is 10.2 Å². The fraction of sp³-hybridized carbons (Fsp3) is 0.765. The minimum Gasteiger partial charge on any atom is -0.480 e. The highest BCUT2D eigenvalue weighted by Crippen LogP contribution is 2.11. The molecule has 11 nitrogen and oxygen atoms in total. The Morgan fingerprint density at radius 2 is 0.821 bits per heavy atom. The van der Waals surface area contributed by atoms with E-state index in [1.165, 1.54) is 4.90 Å². The lowest BCUT2D eigenvalue weighted by Crippen LogP contribution is -2.56. The van der Waals surface area contributed by atoms with Crippen molar-refractivity contribution in [1.82, 2.24) is 14.7 Å². The highest BCUT2D eigenvalue weighted by atomic mass is 16.4. The second-order valence-electron chi connectivity index (χ2n) is 7.18. The number of carboxylic acids is 4.